The quantitative estimate of drug-likeness (QED) is 0.631. The first-order valence-corrected chi connectivity index (χ1v) is 4.86. The lowest BCUT2D eigenvalue weighted by Crippen LogP contribution is -2.41. The van der Waals surface area contributed by atoms with Gasteiger partial charge < -0.3 is 14.0 Å². The molecule has 0 N–H and O–H groups in total. The van der Waals surface area contributed by atoms with Crippen molar-refractivity contribution >= 4 is 7.32 Å². The average Bonchev–Trinajstić information content (AvgIpc) is 2.17. The smallest absolute Gasteiger partial charge is 0.386 e. The molecule has 1 rings (SSSR count). The summed E-state index contributed by atoms with van der Waals surface area (Å²) >= 11 is 0. The molecule has 1 heterocycles. The minimum Gasteiger partial charge on any atom is -0.386 e. The normalized spacial score (nSPS) is 25.2. The molecule has 0 unspecified atom stereocenters. The van der Waals surface area contributed by atoms with E-state index < -0.39 is 7.32 Å². The van der Waals surface area contributed by atoms with Gasteiger partial charge >= 0.3 is 7.32 Å². The summed E-state index contributed by atoms with van der Waals surface area (Å²) in [6.07, 6.45) is 0.976. The summed E-state index contributed by atoms with van der Waals surface area (Å²) < 4.78 is 16.6. The summed E-state index contributed by atoms with van der Waals surface area (Å²) in [5.41, 5.74) is -0.573. The molecule has 0 spiro atoms. The van der Waals surface area contributed by atoms with Crippen molar-refractivity contribution in [3.8, 4) is 0 Å². The molecule has 3 nitrogen and oxygen atoms in total. The molecule has 0 amide bonds. The van der Waals surface area contributed by atoms with Crippen LogP contribution in [0.5, 0.6) is 0 Å². The van der Waals surface area contributed by atoms with Crippen LogP contribution in [-0.2, 0) is 14.0 Å². The number of hydrogen-bond acceptors (Lipinski definition) is 3. The third-order valence-corrected chi connectivity index (χ3v) is 2.69. The summed E-state index contributed by atoms with van der Waals surface area (Å²) in [5, 5.41) is 0. The zero-order valence-electron chi connectivity index (χ0n) is 9.22. The molecular formula is C9H19BO3. The van der Waals surface area contributed by atoms with Gasteiger partial charge in [-0.15, -0.1) is 0 Å². The third kappa shape index (κ3) is 2.24. The Labute approximate surface area is 80.9 Å². The zero-order chi connectivity index (χ0) is 10.1. The van der Waals surface area contributed by atoms with E-state index in [4.69, 9.17) is 14.0 Å². The van der Waals surface area contributed by atoms with Crippen LogP contribution >= 0.6 is 0 Å². The van der Waals surface area contributed by atoms with Crippen molar-refractivity contribution in [2.24, 2.45) is 0 Å². The summed E-state index contributed by atoms with van der Waals surface area (Å²) in [6.45, 7) is 10.8. The largest absolute Gasteiger partial charge is 0.640 e. The van der Waals surface area contributed by atoms with Gasteiger partial charge in [0.15, 0.2) is 0 Å². The van der Waals surface area contributed by atoms with Crippen LogP contribution in [-0.4, -0.2) is 25.1 Å². The number of rotatable bonds is 3. The highest BCUT2D eigenvalue weighted by Crippen LogP contribution is 2.36. The van der Waals surface area contributed by atoms with Crippen LogP contribution in [0.25, 0.3) is 0 Å². The Kier molecular flexibility index (Phi) is 3.05. The van der Waals surface area contributed by atoms with E-state index in [1.165, 1.54) is 0 Å². The average molecular weight is 186 g/mol. The van der Waals surface area contributed by atoms with Gasteiger partial charge in [-0.2, -0.15) is 0 Å². The molecule has 0 saturated carbocycles. The molecule has 1 fully saturated rings. The van der Waals surface area contributed by atoms with Crippen LogP contribution in [0.4, 0.5) is 0 Å². The van der Waals surface area contributed by atoms with Crippen LogP contribution in [0.15, 0.2) is 0 Å². The molecule has 0 aliphatic carbocycles. The van der Waals surface area contributed by atoms with Crippen molar-refractivity contribution in [3.05, 3.63) is 0 Å². The van der Waals surface area contributed by atoms with Gasteiger partial charge in [-0.05, 0) is 34.1 Å². The van der Waals surface area contributed by atoms with Gasteiger partial charge in [0.25, 0.3) is 0 Å². The predicted octanol–water partition coefficient (Wildman–Crippen LogP) is 2.00. The molecule has 1 aliphatic rings. The van der Waals surface area contributed by atoms with Gasteiger partial charge in [0.1, 0.15) is 0 Å². The monoisotopic (exact) mass is 186 g/mol. The molecule has 4 heteroatoms. The van der Waals surface area contributed by atoms with E-state index in [0.717, 1.165) is 6.42 Å². The van der Waals surface area contributed by atoms with E-state index in [1.54, 1.807) is 0 Å². The molecule has 1 saturated heterocycles. The van der Waals surface area contributed by atoms with E-state index in [1.807, 2.05) is 27.7 Å². The second-order valence-corrected chi connectivity index (χ2v) is 4.42. The molecule has 1 aliphatic heterocycles. The van der Waals surface area contributed by atoms with Crippen LogP contribution in [0.1, 0.15) is 41.0 Å². The van der Waals surface area contributed by atoms with Crippen LogP contribution in [0.2, 0.25) is 0 Å². The predicted molar refractivity (Wildman–Crippen MR) is 52.3 cm³/mol. The fraction of sp³-hybridized carbons (Fsp3) is 1.00. The molecule has 0 atom stereocenters. The molecular weight excluding hydrogens is 167 g/mol. The maximum absolute atomic E-state index is 5.62. The topological polar surface area (TPSA) is 27.7 Å². The summed E-state index contributed by atoms with van der Waals surface area (Å²) in [6, 6.07) is 0. The van der Waals surface area contributed by atoms with Crippen LogP contribution in [0, 0.1) is 0 Å². The Balaban J connectivity index is 2.50. The molecule has 0 aromatic rings. The Morgan fingerprint density at radius 3 is 1.92 bits per heavy atom. The fourth-order valence-corrected chi connectivity index (χ4v) is 1.07. The Bertz CT molecular complexity index is 164. The lowest BCUT2D eigenvalue weighted by atomic mass is 9.90. The van der Waals surface area contributed by atoms with E-state index in [0.29, 0.717) is 6.61 Å². The minimum atomic E-state index is -0.495. The van der Waals surface area contributed by atoms with Gasteiger partial charge in [-0.3, -0.25) is 0 Å². The van der Waals surface area contributed by atoms with Crippen molar-refractivity contribution in [2.45, 2.75) is 52.2 Å². The maximum Gasteiger partial charge on any atom is 0.640 e. The Morgan fingerprint density at radius 2 is 1.54 bits per heavy atom. The first-order chi connectivity index (χ1) is 5.89. The fourth-order valence-electron chi connectivity index (χ4n) is 1.07. The van der Waals surface area contributed by atoms with Gasteiger partial charge in [-0.1, -0.05) is 6.92 Å². The minimum absolute atomic E-state index is 0.286. The molecule has 0 radical (unpaired) electrons. The Hall–Kier alpha value is -0.0551. The van der Waals surface area contributed by atoms with Crippen molar-refractivity contribution in [3.63, 3.8) is 0 Å². The zero-order valence-corrected chi connectivity index (χ0v) is 9.22. The van der Waals surface area contributed by atoms with Gasteiger partial charge in [0.2, 0.25) is 0 Å². The number of hydrogen-bond donors (Lipinski definition) is 0. The highest BCUT2D eigenvalue weighted by molar-refractivity contribution is 6.37. The summed E-state index contributed by atoms with van der Waals surface area (Å²) in [5.74, 6) is 0. The lowest BCUT2D eigenvalue weighted by molar-refractivity contribution is 0.00578. The molecule has 76 valence electrons. The van der Waals surface area contributed by atoms with E-state index in [2.05, 4.69) is 6.92 Å². The highest BCUT2D eigenvalue weighted by Gasteiger charge is 2.52. The first-order valence-electron chi connectivity index (χ1n) is 4.86. The Morgan fingerprint density at radius 1 is 1.08 bits per heavy atom. The molecule has 13 heavy (non-hydrogen) atoms. The van der Waals surface area contributed by atoms with Crippen LogP contribution in [0.3, 0.4) is 0 Å². The third-order valence-electron chi connectivity index (χ3n) is 2.69. The van der Waals surface area contributed by atoms with Crippen molar-refractivity contribution in [1.29, 1.82) is 0 Å². The maximum atomic E-state index is 5.62. The standard InChI is InChI=1S/C9H19BO3/c1-6-7-11-10-12-8(2,3)9(4,5)13-10/h6-7H2,1-5H3. The first kappa shape index (κ1) is 11.0. The van der Waals surface area contributed by atoms with Crippen molar-refractivity contribution in [2.75, 3.05) is 6.61 Å². The van der Waals surface area contributed by atoms with E-state index in [9.17, 15) is 0 Å². The highest BCUT2D eigenvalue weighted by atomic mass is 16.8. The SMILES string of the molecule is CCCOB1OC(C)(C)C(C)(C)O1. The van der Waals surface area contributed by atoms with Gasteiger partial charge in [0, 0.05) is 6.61 Å². The second kappa shape index (κ2) is 3.60. The summed E-state index contributed by atoms with van der Waals surface area (Å²) in [7, 11) is -0.495. The summed E-state index contributed by atoms with van der Waals surface area (Å²) in [4.78, 5) is 0. The molecule has 0 aromatic carbocycles. The van der Waals surface area contributed by atoms with Gasteiger partial charge in [0.05, 0.1) is 11.2 Å². The van der Waals surface area contributed by atoms with Crippen molar-refractivity contribution in [1.82, 2.24) is 0 Å². The van der Waals surface area contributed by atoms with Crippen LogP contribution < -0.4 is 0 Å². The lowest BCUT2D eigenvalue weighted by Gasteiger charge is -2.31. The van der Waals surface area contributed by atoms with E-state index >= 15 is 0 Å². The van der Waals surface area contributed by atoms with Crippen molar-refractivity contribution < 1.29 is 14.0 Å². The second-order valence-electron chi connectivity index (χ2n) is 4.42. The molecule has 0 bridgehead atoms. The van der Waals surface area contributed by atoms with Gasteiger partial charge in [-0.25, -0.2) is 0 Å². The van der Waals surface area contributed by atoms with E-state index in [-0.39, 0.29) is 11.2 Å². The molecule has 0 aromatic heterocycles.